The van der Waals surface area contributed by atoms with Gasteiger partial charge in [-0.05, 0) is 24.7 Å². The van der Waals surface area contributed by atoms with E-state index in [-0.39, 0.29) is 49.3 Å². The van der Waals surface area contributed by atoms with Gasteiger partial charge in [-0.2, -0.15) is 0 Å². The van der Waals surface area contributed by atoms with Crippen molar-refractivity contribution in [1.29, 1.82) is 5.41 Å². The number of carbonyl (C=O) groups excluding carboxylic acids is 2. The fourth-order valence-electron chi connectivity index (χ4n) is 3.83. The number of nitrogens with zero attached hydrogens (tertiary/aromatic N) is 3. The van der Waals surface area contributed by atoms with Gasteiger partial charge in [0.25, 0.3) is 0 Å². The minimum Gasteiger partial charge on any atom is -0.463 e. The zero-order valence-corrected chi connectivity index (χ0v) is 20.1. The Morgan fingerprint density at radius 1 is 1.22 bits per heavy atom. The van der Waals surface area contributed by atoms with Gasteiger partial charge >= 0.3 is 12.0 Å². The van der Waals surface area contributed by atoms with Gasteiger partial charge in [-0.3, -0.25) is 15.0 Å². The Morgan fingerprint density at radius 2 is 1.89 bits per heavy atom. The van der Waals surface area contributed by atoms with E-state index >= 15 is 0 Å². The number of rotatable bonds is 10. The molecule has 2 aromatic rings. The third-order valence-electron chi connectivity index (χ3n) is 5.74. The van der Waals surface area contributed by atoms with E-state index in [0.717, 1.165) is 25.9 Å². The van der Waals surface area contributed by atoms with Crippen molar-refractivity contribution >= 4 is 17.7 Å². The smallest absolute Gasteiger partial charge is 0.316 e. The first kappa shape index (κ1) is 28.7. The van der Waals surface area contributed by atoms with Crippen LogP contribution in [-0.2, 0) is 20.9 Å². The van der Waals surface area contributed by atoms with Crippen molar-refractivity contribution in [3.63, 3.8) is 0 Å². The maximum Gasteiger partial charge on any atom is 0.316 e. The van der Waals surface area contributed by atoms with E-state index in [0.29, 0.717) is 30.4 Å². The van der Waals surface area contributed by atoms with Crippen LogP contribution in [0.2, 0.25) is 0 Å². The van der Waals surface area contributed by atoms with Gasteiger partial charge in [-0.15, -0.1) is 0 Å². The van der Waals surface area contributed by atoms with E-state index in [1.165, 1.54) is 18.5 Å². The molecule has 2 heterocycles. The Bertz CT molecular complexity index is 1040. The molecule has 9 nitrogen and oxygen atoms in total. The van der Waals surface area contributed by atoms with Crippen LogP contribution >= 0.6 is 0 Å². The first-order chi connectivity index (χ1) is 16.7. The average molecular weight is 502 g/mol. The maximum atomic E-state index is 14.9. The molecule has 196 valence electrons. The minimum atomic E-state index is -0.694. The summed E-state index contributed by atoms with van der Waals surface area (Å²) in [5, 5.41) is 7.11. The maximum absolute atomic E-state index is 14.9. The molecule has 1 aliphatic rings. The van der Waals surface area contributed by atoms with Gasteiger partial charge in [-0.25, -0.2) is 14.4 Å². The molecule has 1 aromatic carbocycles. The summed E-state index contributed by atoms with van der Waals surface area (Å²) in [5.74, 6) is -0.662. The fourth-order valence-corrected chi connectivity index (χ4v) is 3.83. The highest BCUT2D eigenvalue weighted by Crippen LogP contribution is 2.26. The number of amides is 1. The number of hydrogen-bond donors (Lipinski definition) is 2. The number of benzene rings is 1. The molecular weight excluding hydrogens is 465 g/mol. The van der Waals surface area contributed by atoms with Gasteiger partial charge in [-0.1, -0.05) is 39.5 Å². The molecule has 0 saturated carbocycles. The number of ether oxygens (including phenoxy) is 2. The van der Waals surface area contributed by atoms with E-state index < -0.39 is 11.8 Å². The van der Waals surface area contributed by atoms with Crippen LogP contribution in [-0.4, -0.2) is 52.3 Å². The van der Waals surface area contributed by atoms with Crippen LogP contribution in [0, 0.1) is 23.1 Å². The standard InChI is InChI=1S/C25H32FN5O4.CH4/c1-16(2)10-22(32)31-8-6-17(7-9-31)14-35-25-29-12-19(13-30-25)20-5-3-4-18(24(20)26)15-34-23(33)11-21(27)28;/h3-5,12-13,16-17H,6-11,14-15H2,1-2H3,(H3,27,28);1H4. The van der Waals surface area contributed by atoms with Crippen molar-refractivity contribution in [2.45, 2.75) is 53.6 Å². The summed E-state index contributed by atoms with van der Waals surface area (Å²) < 4.78 is 25.7. The molecule has 1 amide bonds. The molecule has 0 unspecified atom stereocenters. The number of likely N-dealkylation sites (tertiary alicyclic amines) is 1. The predicted octanol–water partition coefficient (Wildman–Crippen LogP) is 3.95. The van der Waals surface area contributed by atoms with Crippen LogP contribution in [0.5, 0.6) is 6.01 Å². The summed E-state index contributed by atoms with van der Waals surface area (Å²) in [6.07, 6.45) is 4.95. The van der Waals surface area contributed by atoms with E-state index in [9.17, 15) is 14.0 Å². The average Bonchev–Trinajstić information content (AvgIpc) is 2.82. The topological polar surface area (TPSA) is 131 Å². The van der Waals surface area contributed by atoms with Crippen LogP contribution < -0.4 is 10.5 Å². The number of carbonyl (C=O) groups is 2. The van der Waals surface area contributed by atoms with Crippen LogP contribution in [0.1, 0.15) is 52.5 Å². The molecule has 0 spiro atoms. The monoisotopic (exact) mass is 501 g/mol. The summed E-state index contributed by atoms with van der Waals surface area (Å²) in [4.78, 5) is 34.1. The van der Waals surface area contributed by atoms with Gasteiger partial charge in [0.2, 0.25) is 5.91 Å². The molecular formula is C26H36FN5O4. The Hall–Kier alpha value is -3.56. The molecule has 36 heavy (non-hydrogen) atoms. The molecule has 3 N–H and O–H groups in total. The molecule has 0 atom stereocenters. The number of nitrogens with two attached hydrogens (primary N) is 1. The molecule has 0 radical (unpaired) electrons. The Morgan fingerprint density at radius 3 is 2.50 bits per heavy atom. The Kier molecular flexibility index (Phi) is 10.8. The zero-order valence-electron chi connectivity index (χ0n) is 20.1. The van der Waals surface area contributed by atoms with Gasteiger partial charge in [0, 0.05) is 48.6 Å². The second-order valence-electron chi connectivity index (χ2n) is 9.13. The second-order valence-corrected chi connectivity index (χ2v) is 9.13. The highest BCUT2D eigenvalue weighted by molar-refractivity contribution is 5.94. The highest BCUT2D eigenvalue weighted by Gasteiger charge is 2.24. The summed E-state index contributed by atoms with van der Waals surface area (Å²) in [5.41, 5.74) is 6.10. The molecule has 1 saturated heterocycles. The third kappa shape index (κ3) is 8.28. The number of halogens is 1. The van der Waals surface area contributed by atoms with Crippen molar-refractivity contribution in [3.05, 3.63) is 42.0 Å². The number of nitrogens with one attached hydrogen (secondary N) is 1. The van der Waals surface area contributed by atoms with Crippen molar-refractivity contribution in [2.75, 3.05) is 19.7 Å². The molecule has 1 aromatic heterocycles. The van der Waals surface area contributed by atoms with Crippen LogP contribution in [0.3, 0.4) is 0 Å². The van der Waals surface area contributed by atoms with Crippen molar-refractivity contribution < 1.29 is 23.5 Å². The zero-order chi connectivity index (χ0) is 25.4. The number of esters is 1. The number of aromatic nitrogens is 2. The quantitative estimate of drug-likeness (QED) is 0.286. The fraction of sp³-hybridized carbons (Fsp3) is 0.500. The normalized spacial score (nSPS) is 13.7. The number of piperidine rings is 1. The summed E-state index contributed by atoms with van der Waals surface area (Å²) in [6.45, 7) is 5.75. The van der Waals surface area contributed by atoms with Crippen LogP contribution in [0.15, 0.2) is 30.6 Å². The van der Waals surface area contributed by atoms with Gasteiger partial charge in [0.05, 0.1) is 6.61 Å². The summed E-state index contributed by atoms with van der Waals surface area (Å²) >= 11 is 0. The van der Waals surface area contributed by atoms with Gasteiger partial charge < -0.3 is 20.1 Å². The Labute approximate surface area is 211 Å². The predicted molar refractivity (Wildman–Crippen MR) is 135 cm³/mol. The van der Waals surface area contributed by atoms with Crippen molar-refractivity contribution in [3.8, 4) is 17.1 Å². The van der Waals surface area contributed by atoms with Gasteiger partial charge in [0.1, 0.15) is 24.7 Å². The van der Waals surface area contributed by atoms with E-state index in [2.05, 4.69) is 9.97 Å². The van der Waals surface area contributed by atoms with Crippen LogP contribution in [0.4, 0.5) is 4.39 Å². The summed E-state index contributed by atoms with van der Waals surface area (Å²) in [6, 6.07) is 4.96. The third-order valence-corrected chi connectivity index (χ3v) is 5.74. The minimum absolute atomic E-state index is 0. The molecule has 1 aliphatic heterocycles. The summed E-state index contributed by atoms with van der Waals surface area (Å²) in [7, 11) is 0. The largest absolute Gasteiger partial charge is 0.463 e. The van der Waals surface area contributed by atoms with E-state index in [4.69, 9.17) is 20.6 Å². The van der Waals surface area contributed by atoms with E-state index in [1.807, 2.05) is 18.7 Å². The molecule has 0 aliphatic carbocycles. The SMILES string of the molecule is C.CC(C)CC(=O)N1CCC(COc2ncc(-c3cccc(COC(=O)CC(=N)N)c3F)cn2)CC1. The number of hydrogen-bond acceptors (Lipinski definition) is 7. The van der Waals surface area contributed by atoms with Crippen LogP contribution in [0.25, 0.3) is 11.1 Å². The lowest BCUT2D eigenvalue weighted by Crippen LogP contribution is -2.40. The van der Waals surface area contributed by atoms with Crippen molar-refractivity contribution in [1.82, 2.24) is 14.9 Å². The first-order valence-electron chi connectivity index (χ1n) is 11.7. The molecule has 1 fully saturated rings. The second kappa shape index (κ2) is 13.5. The van der Waals surface area contributed by atoms with Crippen molar-refractivity contribution in [2.24, 2.45) is 17.6 Å². The van der Waals surface area contributed by atoms with E-state index in [1.54, 1.807) is 12.1 Å². The highest BCUT2D eigenvalue weighted by atomic mass is 19.1. The lowest BCUT2D eigenvalue weighted by Gasteiger charge is -2.32. The molecule has 0 bridgehead atoms. The van der Waals surface area contributed by atoms with Gasteiger partial charge in [0.15, 0.2) is 0 Å². The Balaban J connectivity index is 0.00000456. The molecule has 10 heteroatoms. The number of amidine groups is 1. The first-order valence-corrected chi connectivity index (χ1v) is 11.7. The molecule has 3 rings (SSSR count). The lowest BCUT2D eigenvalue weighted by molar-refractivity contribution is -0.143. The lowest BCUT2D eigenvalue weighted by atomic mass is 9.97.